The Bertz CT molecular complexity index is 602. The first-order chi connectivity index (χ1) is 10.6. The number of hydrogen-bond acceptors (Lipinski definition) is 4. The van der Waals surface area contributed by atoms with Crippen LogP contribution < -0.4 is 4.74 Å². The van der Waals surface area contributed by atoms with Crippen molar-refractivity contribution >= 4 is 11.6 Å². The Hall–Kier alpha value is -1.59. The van der Waals surface area contributed by atoms with Crippen LogP contribution in [0.25, 0.3) is 0 Å². The van der Waals surface area contributed by atoms with Gasteiger partial charge in [-0.05, 0) is 49.4 Å². The molecule has 3 rings (SSSR count). The zero-order valence-corrected chi connectivity index (χ0v) is 13.3. The van der Waals surface area contributed by atoms with Gasteiger partial charge in [-0.25, -0.2) is 9.67 Å². The number of hydrogen-bond donors (Lipinski definition) is 1. The van der Waals surface area contributed by atoms with Crippen molar-refractivity contribution in [3.63, 3.8) is 0 Å². The van der Waals surface area contributed by atoms with Crippen molar-refractivity contribution in [2.75, 3.05) is 0 Å². The number of aromatic nitrogens is 3. The summed E-state index contributed by atoms with van der Waals surface area (Å²) in [4.78, 5) is 3.95. The number of rotatable bonds is 4. The topological polar surface area (TPSA) is 60.2 Å². The van der Waals surface area contributed by atoms with Crippen LogP contribution in [-0.2, 0) is 6.54 Å². The van der Waals surface area contributed by atoms with Crippen LogP contribution in [0, 0.1) is 5.92 Å². The lowest BCUT2D eigenvalue weighted by molar-refractivity contribution is -0.132. The van der Waals surface area contributed by atoms with Gasteiger partial charge < -0.3 is 9.84 Å². The van der Waals surface area contributed by atoms with Gasteiger partial charge in [0.2, 0.25) is 0 Å². The van der Waals surface area contributed by atoms with Crippen LogP contribution in [0.1, 0.15) is 26.2 Å². The highest BCUT2D eigenvalue weighted by molar-refractivity contribution is 6.30. The first-order valence-electron chi connectivity index (χ1n) is 7.55. The molecule has 0 amide bonds. The third kappa shape index (κ3) is 3.10. The number of halogens is 1. The zero-order valence-electron chi connectivity index (χ0n) is 12.5. The first-order valence-corrected chi connectivity index (χ1v) is 7.93. The van der Waals surface area contributed by atoms with Crippen molar-refractivity contribution < 1.29 is 9.84 Å². The van der Waals surface area contributed by atoms with Crippen LogP contribution in [0.15, 0.2) is 36.9 Å². The molecule has 1 aromatic heterocycles. The molecule has 0 radical (unpaired) electrons. The van der Waals surface area contributed by atoms with Crippen LogP contribution in [0.2, 0.25) is 5.02 Å². The Morgan fingerprint density at radius 2 is 2.14 bits per heavy atom. The molecule has 1 fully saturated rings. The van der Waals surface area contributed by atoms with Crippen LogP contribution in [-0.4, -0.2) is 31.6 Å². The SMILES string of the molecule is CC1CCCC(Oc2ccc(Cl)cc2)C1(O)Cn1cncn1. The summed E-state index contributed by atoms with van der Waals surface area (Å²) < 4.78 is 7.74. The molecular formula is C16H20ClN3O2. The fraction of sp³-hybridized carbons (Fsp3) is 0.500. The lowest BCUT2D eigenvalue weighted by Crippen LogP contribution is -2.56. The molecule has 1 N–H and O–H groups in total. The summed E-state index contributed by atoms with van der Waals surface area (Å²) in [6.07, 6.45) is 5.66. The van der Waals surface area contributed by atoms with Crippen LogP contribution in [0.5, 0.6) is 5.75 Å². The summed E-state index contributed by atoms with van der Waals surface area (Å²) in [6.45, 7) is 2.45. The minimum absolute atomic E-state index is 0.128. The second-order valence-corrected chi connectivity index (χ2v) is 6.41. The molecule has 3 unspecified atom stereocenters. The van der Waals surface area contributed by atoms with Crippen molar-refractivity contribution in [2.45, 2.75) is 44.4 Å². The maximum absolute atomic E-state index is 11.2. The van der Waals surface area contributed by atoms with E-state index in [2.05, 4.69) is 17.0 Å². The molecule has 1 aromatic carbocycles. The van der Waals surface area contributed by atoms with Gasteiger partial charge in [0, 0.05) is 5.02 Å². The lowest BCUT2D eigenvalue weighted by atomic mass is 9.74. The minimum atomic E-state index is -0.967. The fourth-order valence-corrected chi connectivity index (χ4v) is 3.22. The third-order valence-corrected chi connectivity index (χ3v) is 4.74. The smallest absolute Gasteiger partial charge is 0.137 e. The van der Waals surface area contributed by atoms with E-state index in [-0.39, 0.29) is 12.0 Å². The minimum Gasteiger partial charge on any atom is -0.487 e. The van der Waals surface area contributed by atoms with E-state index in [0.717, 1.165) is 25.0 Å². The largest absolute Gasteiger partial charge is 0.487 e. The lowest BCUT2D eigenvalue weighted by Gasteiger charge is -2.44. The number of benzene rings is 1. The Kier molecular flexibility index (Phi) is 4.36. The highest BCUT2D eigenvalue weighted by Crippen LogP contribution is 2.37. The fourth-order valence-electron chi connectivity index (χ4n) is 3.10. The van der Waals surface area contributed by atoms with Gasteiger partial charge in [0.05, 0.1) is 6.54 Å². The molecule has 0 aliphatic heterocycles. The highest BCUT2D eigenvalue weighted by atomic mass is 35.5. The molecular weight excluding hydrogens is 302 g/mol. The molecule has 2 aromatic rings. The highest BCUT2D eigenvalue weighted by Gasteiger charge is 2.46. The van der Waals surface area contributed by atoms with Crippen LogP contribution >= 0.6 is 11.6 Å². The van der Waals surface area contributed by atoms with Gasteiger partial charge in [-0.2, -0.15) is 5.10 Å². The Labute approximate surface area is 134 Å². The molecule has 5 nitrogen and oxygen atoms in total. The molecule has 0 bridgehead atoms. The molecule has 1 heterocycles. The average Bonchev–Trinajstić information content (AvgIpc) is 2.99. The summed E-state index contributed by atoms with van der Waals surface area (Å²) in [6, 6.07) is 7.24. The number of aliphatic hydroxyl groups is 1. The van der Waals surface area contributed by atoms with E-state index in [1.54, 1.807) is 23.1 Å². The zero-order chi connectivity index (χ0) is 15.6. The van der Waals surface area contributed by atoms with Gasteiger partial charge in [-0.3, -0.25) is 0 Å². The van der Waals surface area contributed by atoms with E-state index in [9.17, 15) is 5.11 Å². The van der Waals surface area contributed by atoms with Gasteiger partial charge in [0.15, 0.2) is 0 Å². The molecule has 6 heteroatoms. The van der Waals surface area contributed by atoms with Crippen molar-refractivity contribution in [1.82, 2.24) is 14.8 Å². The molecule has 1 aliphatic carbocycles. The van der Waals surface area contributed by atoms with Crippen LogP contribution in [0.3, 0.4) is 0 Å². The molecule has 1 aliphatic rings. The maximum Gasteiger partial charge on any atom is 0.137 e. The predicted molar refractivity (Wildman–Crippen MR) is 83.9 cm³/mol. The van der Waals surface area contributed by atoms with E-state index in [0.29, 0.717) is 11.6 Å². The van der Waals surface area contributed by atoms with Crippen molar-refractivity contribution in [3.05, 3.63) is 41.9 Å². The molecule has 0 spiro atoms. The second-order valence-electron chi connectivity index (χ2n) is 5.98. The second kappa shape index (κ2) is 6.26. The van der Waals surface area contributed by atoms with E-state index in [1.807, 2.05) is 12.1 Å². The van der Waals surface area contributed by atoms with Gasteiger partial charge in [-0.1, -0.05) is 18.5 Å². The quantitative estimate of drug-likeness (QED) is 0.940. The molecule has 22 heavy (non-hydrogen) atoms. The number of ether oxygens (including phenoxy) is 1. The molecule has 3 atom stereocenters. The molecule has 0 saturated heterocycles. The van der Waals surface area contributed by atoms with E-state index >= 15 is 0 Å². The van der Waals surface area contributed by atoms with Crippen LogP contribution in [0.4, 0.5) is 0 Å². The Balaban J connectivity index is 1.81. The average molecular weight is 322 g/mol. The van der Waals surface area contributed by atoms with Crippen molar-refractivity contribution in [1.29, 1.82) is 0 Å². The predicted octanol–water partition coefficient (Wildman–Crippen LogP) is 2.93. The van der Waals surface area contributed by atoms with E-state index < -0.39 is 5.60 Å². The van der Waals surface area contributed by atoms with Gasteiger partial charge in [-0.15, -0.1) is 0 Å². The summed E-state index contributed by atoms with van der Waals surface area (Å²) in [5, 5.41) is 16.0. The third-order valence-electron chi connectivity index (χ3n) is 4.49. The van der Waals surface area contributed by atoms with Gasteiger partial charge in [0.1, 0.15) is 30.1 Å². The summed E-state index contributed by atoms with van der Waals surface area (Å²) in [5.41, 5.74) is -0.967. The Morgan fingerprint density at radius 1 is 1.36 bits per heavy atom. The first kappa shape index (κ1) is 15.3. The molecule has 1 saturated carbocycles. The molecule has 118 valence electrons. The standard InChI is InChI=1S/C16H20ClN3O2/c1-12-3-2-4-15(22-14-7-5-13(17)6-8-14)16(12,21)9-20-11-18-10-19-20/h5-8,10-12,15,21H,2-4,9H2,1H3. The van der Waals surface area contributed by atoms with E-state index in [4.69, 9.17) is 16.3 Å². The Morgan fingerprint density at radius 3 is 2.82 bits per heavy atom. The maximum atomic E-state index is 11.2. The normalized spacial score (nSPS) is 28.5. The van der Waals surface area contributed by atoms with Crippen molar-refractivity contribution in [3.8, 4) is 5.75 Å². The summed E-state index contributed by atoms with van der Waals surface area (Å²) in [5.74, 6) is 0.850. The number of nitrogens with zero attached hydrogens (tertiary/aromatic N) is 3. The van der Waals surface area contributed by atoms with Crippen molar-refractivity contribution in [2.24, 2.45) is 5.92 Å². The monoisotopic (exact) mass is 321 g/mol. The van der Waals surface area contributed by atoms with Gasteiger partial charge in [0.25, 0.3) is 0 Å². The van der Waals surface area contributed by atoms with E-state index in [1.165, 1.54) is 6.33 Å². The van der Waals surface area contributed by atoms with Gasteiger partial charge >= 0.3 is 0 Å². The summed E-state index contributed by atoms with van der Waals surface area (Å²) >= 11 is 5.90. The summed E-state index contributed by atoms with van der Waals surface area (Å²) in [7, 11) is 0.